The van der Waals surface area contributed by atoms with Crippen molar-refractivity contribution >= 4 is 34.6 Å². The molecule has 0 bridgehead atoms. The molecule has 10 nitrogen and oxygen atoms in total. The second-order valence-electron chi connectivity index (χ2n) is 7.71. The van der Waals surface area contributed by atoms with Crippen molar-refractivity contribution in [1.82, 2.24) is 29.9 Å². The molecule has 33 heavy (non-hydrogen) atoms. The molecule has 1 aromatic carbocycles. The maximum Gasteiger partial charge on any atom is 0.315 e. The molecular formula is C21H22ClFN6O4. The number of carbonyl (C=O) groups excluding carboxylic acids is 2. The molecule has 1 aliphatic rings. The number of benzene rings is 1. The van der Waals surface area contributed by atoms with Crippen LogP contribution >= 0.6 is 11.6 Å². The highest BCUT2D eigenvalue weighted by molar-refractivity contribution is 6.31. The van der Waals surface area contributed by atoms with Crippen LogP contribution in [0.3, 0.4) is 0 Å². The van der Waals surface area contributed by atoms with Crippen LogP contribution in [0.4, 0.5) is 4.39 Å². The summed E-state index contributed by atoms with van der Waals surface area (Å²) in [6.45, 7) is 2.73. The molecule has 0 saturated carbocycles. The van der Waals surface area contributed by atoms with Crippen LogP contribution in [0.15, 0.2) is 23.0 Å². The number of fused-ring (bicyclic) bond motifs is 1. The summed E-state index contributed by atoms with van der Waals surface area (Å²) in [5.41, 5.74) is 0.0619. The highest BCUT2D eigenvalue weighted by Gasteiger charge is 2.27. The third kappa shape index (κ3) is 4.87. The van der Waals surface area contributed by atoms with E-state index in [0.717, 1.165) is 0 Å². The molecule has 1 fully saturated rings. The van der Waals surface area contributed by atoms with Gasteiger partial charge in [-0.15, -0.1) is 5.10 Å². The van der Waals surface area contributed by atoms with Gasteiger partial charge in [0.25, 0.3) is 5.56 Å². The monoisotopic (exact) mass is 476 g/mol. The van der Waals surface area contributed by atoms with Gasteiger partial charge < -0.3 is 14.6 Å². The van der Waals surface area contributed by atoms with Crippen molar-refractivity contribution in [1.29, 1.82) is 0 Å². The standard InChI is InChI=1S/C21H22ClFN6O4/c1-2-33-17(31)10-16(30)28-8-6-12(7-9-28)19-24-20-18(21(32)25-19)26-27-29(20)11-13-14(22)4-3-5-15(13)23/h3-5,12H,2,6-11H2,1H3,(H,24,25,32). The van der Waals surface area contributed by atoms with E-state index in [1.165, 1.54) is 16.8 Å². The number of halogens is 2. The first-order chi connectivity index (χ1) is 15.9. The van der Waals surface area contributed by atoms with Crippen molar-refractivity contribution < 1.29 is 18.7 Å². The van der Waals surface area contributed by atoms with Gasteiger partial charge in [-0.05, 0) is 31.9 Å². The summed E-state index contributed by atoms with van der Waals surface area (Å²) in [7, 11) is 0. The number of amides is 1. The molecule has 1 amide bonds. The number of likely N-dealkylation sites (tertiary alicyclic amines) is 1. The average molecular weight is 477 g/mol. The Kier molecular flexibility index (Phi) is 6.68. The van der Waals surface area contributed by atoms with E-state index in [2.05, 4.69) is 20.3 Å². The van der Waals surface area contributed by atoms with Crippen LogP contribution in [0.25, 0.3) is 11.2 Å². The summed E-state index contributed by atoms with van der Waals surface area (Å²) in [6.07, 6.45) is 0.830. The maximum atomic E-state index is 14.2. The molecule has 4 rings (SSSR count). The first-order valence-electron chi connectivity index (χ1n) is 10.6. The SMILES string of the molecule is CCOC(=O)CC(=O)N1CCC(c2nc3c(nnn3Cc3c(F)cccc3Cl)c(=O)[nH]2)CC1. The summed E-state index contributed by atoms with van der Waals surface area (Å²) < 4.78 is 20.4. The first-order valence-corrected chi connectivity index (χ1v) is 10.9. The van der Waals surface area contributed by atoms with E-state index >= 15 is 0 Å². The highest BCUT2D eigenvalue weighted by atomic mass is 35.5. The molecule has 3 aromatic rings. The number of nitrogens with zero attached hydrogens (tertiary/aromatic N) is 5. The summed E-state index contributed by atoms with van der Waals surface area (Å²) in [6, 6.07) is 4.37. The maximum absolute atomic E-state index is 14.2. The molecule has 0 aliphatic carbocycles. The largest absolute Gasteiger partial charge is 0.466 e. The van der Waals surface area contributed by atoms with Crippen molar-refractivity contribution in [3.05, 3.63) is 50.8 Å². The fourth-order valence-electron chi connectivity index (χ4n) is 3.87. The number of carbonyl (C=O) groups is 2. The number of aromatic nitrogens is 5. The van der Waals surface area contributed by atoms with Gasteiger partial charge in [0.2, 0.25) is 5.91 Å². The van der Waals surface area contributed by atoms with Crippen molar-refractivity contribution in [2.24, 2.45) is 0 Å². The molecule has 0 spiro atoms. The molecule has 1 aliphatic heterocycles. The fourth-order valence-corrected chi connectivity index (χ4v) is 4.09. The number of piperidine rings is 1. The molecule has 2 aromatic heterocycles. The summed E-state index contributed by atoms with van der Waals surface area (Å²) >= 11 is 6.12. The predicted molar refractivity (Wildman–Crippen MR) is 116 cm³/mol. The smallest absolute Gasteiger partial charge is 0.315 e. The Morgan fingerprint density at radius 2 is 2.06 bits per heavy atom. The lowest BCUT2D eigenvalue weighted by atomic mass is 9.95. The quantitative estimate of drug-likeness (QED) is 0.426. The van der Waals surface area contributed by atoms with Crippen LogP contribution < -0.4 is 5.56 Å². The van der Waals surface area contributed by atoms with Crippen molar-refractivity contribution in [3.63, 3.8) is 0 Å². The van der Waals surface area contributed by atoms with E-state index < -0.39 is 17.3 Å². The molecule has 0 atom stereocenters. The van der Waals surface area contributed by atoms with Gasteiger partial charge in [-0.3, -0.25) is 14.4 Å². The third-order valence-electron chi connectivity index (χ3n) is 5.60. The Bertz CT molecular complexity index is 1230. The summed E-state index contributed by atoms with van der Waals surface area (Å²) in [4.78, 5) is 45.3. The number of rotatable bonds is 6. The number of hydrogen-bond donors (Lipinski definition) is 1. The molecule has 0 unspecified atom stereocenters. The number of aromatic amines is 1. The van der Waals surface area contributed by atoms with Crippen LogP contribution in [-0.4, -0.2) is 61.4 Å². The van der Waals surface area contributed by atoms with E-state index in [4.69, 9.17) is 16.3 Å². The minimum Gasteiger partial charge on any atom is -0.466 e. The minimum atomic E-state index is -0.545. The Morgan fingerprint density at radius 3 is 2.76 bits per heavy atom. The van der Waals surface area contributed by atoms with Crippen molar-refractivity contribution in [2.45, 2.75) is 38.6 Å². The minimum absolute atomic E-state index is 0.0291. The zero-order valence-corrected chi connectivity index (χ0v) is 18.6. The van der Waals surface area contributed by atoms with Gasteiger partial charge in [0.15, 0.2) is 11.2 Å². The Hall–Kier alpha value is -3.34. The molecule has 1 N–H and O–H groups in total. The molecule has 174 valence electrons. The van der Waals surface area contributed by atoms with Crippen LogP contribution in [0, 0.1) is 5.82 Å². The number of nitrogens with one attached hydrogen (secondary N) is 1. The number of H-pyrrole nitrogens is 1. The van der Waals surface area contributed by atoms with Gasteiger partial charge in [0, 0.05) is 29.6 Å². The molecule has 12 heteroatoms. The second-order valence-corrected chi connectivity index (χ2v) is 8.11. The van der Waals surface area contributed by atoms with Crippen LogP contribution in [-0.2, 0) is 20.9 Å². The lowest BCUT2D eigenvalue weighted by Crippen LogP contribution is -2.39. The lowest BCUT2D eigenvalue weighted by Gasteiger charge is -2.31. The zero-order chi connectivity index (χ0) is 23.5. The van der Waals surface area contributed by atoms with E-state index in [9.17, 15) is 18.8 Å². The van der Waals surface area contributed by atoms with Crippen LogP contribution in [0.2, 0.25) is 5.02 Å². The topological polar surface area (TPSA) is 123 Å². The Labute approximate surface area is 192 Å². The van der Waals surface area contributed by atoms with Crippen LogP contribution in [0.5, 0.6) is 0 Å². The molecule has 3 heterocycles. The summed E-state index contributed by atoms with van der Waals surface area (Å²) in [5, 5.41) is 8.08. The highest BCUT2D eigenvalue weighted by Crippen LogP contribution is 2.26. The molecule has 0 radical (unpaired) electrons. The number of ether oxygens (including phenoxy) is 1. The van der Waals surface area contributed by atoms with Gasteiger partial charge in [-0.1, -0.05) is 22.9 Å². The average Bonchev–Trinajstić information content (AvgIpc) is 3.20. The van der Waals surface area contributed by atoms with E-state index in [1.807, 2.05) is 0 Å². The zero-order valence-electron chi connectivity index (χ0n) is 17.9. The molecular weight excluding hydrogens is 455 g/mol. The van der Waals surface area contributed by atoms with Gasteiger partial charge in [0.05, 0.1) is 13.2 Å². The predicted octanol–water partition coefficient (Wildman–Crippen LogP) is 2.01. The number of hydrogen-bond acceptors (Lipinski definition) is 7. The van der Waals surface area contributed by atoms with Crippen LogP contribution in [0.1, 0.15) is 43.5 Å². The normalized spacial score (nSPS) is 14.6. The van der Waals surface area contributed by atoms with E-state index in [1.54, 1.807) is 17.9 Å². The van der Waals surface area contributed by atoms with Crippen molar-refractivity contribution in [2.75, 3.05) is 19.7 Å². The van der Waals surface area contributed by atoms with E-state index in [0.29, 0.717) is 31.8 Å². The lowest BCUT2D eigenvalue weighted by molar-refractivity contribution is -0.149. The first kappa shape index (κ1) is 22.8. The Balaban J connectivity index is 1.51. The van der Waals surface area contributed by atoms with E-state index in [-0.39, 0.29) is 53.1 Å². The Morgan fingerprint density at radius 1 is 1.30 bits per heavy atom. The van der Waals surface area contributed by atoms with Gasteiger partial charge in [-0.2, -0.15) is 0 Å². The van der Waals surface area contributed by atoms with Gasteiger partial charge in [0.1, 0.15) is 18.1 Å². The van der Waals surface area contributed by atoms with Crippen molar-refractivity contribution in [3.8, 4) is 0 Å². The van der Waals surface area contributed by atoms with Gasteiger partial charge >= 0.3 is 5.97 Å². The van der Waals surface area contributed by atoms with Gasteiger partial charge in [-0.25, -0.2) is 14.1 Å². The molecule has 1 saturated heterocycles. The number of esters is 1. The third-order valence-corrected chi connectivity index (χ3v) is 5.95. The fraction of sp³-hybridized carbons (Fsp3) is 0.429. The second kappa shape index (κ2) is 9.65. The summed E-state index contributed by atoms with van der Waals surface area (Å²) in [5.74, 6) is -0.969.